The third kappa shape index (κ3) is 2.80. The van der Waals surface area contributed by atoms with Crippen molar-refractivity contribution in [3.05, 3.63) is 59.2 Å². The van der Waals surface area contributed by atoms with Crippen molar-refractivity contribution in [2.24, 2.45) is 10.9 Å². The monoisotopic (exact) mass is 298 g/mol. The van der Waals surface area contributed by atoms with E-state index in [9.17, 15) is 0 Å². The standard InChI is InChI=1S/C15H14N4OS/c16-15(19-20)14-11(2-1-6-17-14)9-18-12-3-4-13-10(8-12)5-7-21-13/h1-8,18,20H,9H2,(H2,16,19). The van der Waals surface area contributed by atoms with Crippen molar-refractivity contribution in [3.63, 3.8) is 0 Å². The number of benzene rings is 1. The summed E-state index contributed by atoms with van der Waals surface area (Å²) in [6.07, 6.45) is 1.62. The van der Waals surface area contributed by atoms with Gasteiger partial charge in [0, 0.05) is 28.7 Å². The van der Waals surface area contributed by atoms with Crippen molar-refractivity contribution in [1.29, 1.82) is 0 Å². The van der Waals surface area contributed by atoms with E-state index in [1.807, 2.05) is 18.2 Å². The second kappa shape index (κ2) is 5.80. The molecule has 2 aromatic heterocycles. The molecule has 21 heavy (non-hydrogen) atoms. The lowest BCUT2D eigenvalue weighted by Crippen LogP contribution is -2.18. The summed E-state index contributed by atoms with van der Waals surface area (Å²) in [5, 5.41) is 18.4. The number of pyridine rings is 1. The molecule has 0 radical (unpaired) electrons. The van der Waals surface area contributed by atoms with Gasteiger partial charge in [-0.3, -0.25) is 4.98 Å². The van der Waals surface area contributed by atoms with E-state index in [1.54, 1.807) is 17.5 Å². The molecule has 5 nitrogen and oxygen atoms in total. The molecule has 4 N–H and O–H groups in total. The molecule has 0 amide bonds. The molecule has 2 heterocycles. The van der Waals surface area contributed by atoms with E-state index in [0.717, 1.165) is 11.3 Å². The van der Waals surface area contributed by atoms with Crippen molar-refractivity contribution in [2.45, 2.75) is 6.54 Å². The average Bonchev–Trinajstić information content (AvgIpc) is 3.00. The number of anilines is 1. The highest BCUT2D eigenvalue weighted by Gasteiger charge is 2.08. The topological polar surface area (TPSA) is 83.5 Å². The highest BCUT2D eigenvalue weighted by atomic mass is 32.1. The van der Waals surface area contributed by atoms with Gasteiger partial charge in [-0.05, 0) is 41.1 Å². The molecule has 0 aliphatic rings. The Balaban J connectivity index is 1.81. The van der Waals surface area contributed by atoms with Crippen molar-refractivity contribution in [2.75, 3.05) is 5.32 Å². The molecule has 0 spiro atoms. The summed E-state index contributed by atoms with van der Waals surface area (Å²) >= 11 is 1.72. The van der Waals surface area contributed by atoms with Crippen LogP contribution in [-0.4, -0.2) is 16.0 Å². The molecular weight excluding hydrogens is 284 g/mol. The largest absolute Gasteiger partial charge is 0.409 e. The zero-order valence-electron chi connectivity index (χ0n) is 11.2. The molecule has 3 rings (SSSR count). The van der Waals surface area contributed by atoms with Crippen molar-refractivity contribution < 1.29 is 5.21 Å². The molecule has 0 bridgehead atoms. The molecule has 0 aliphatic heterocycles. The second-order valence-corrected chi connectivity index (χ2v) is 5.47. The number of oxime groups is 1. The van der Waals surface area contributed by atoms with Crippen LogP contribution in [0.1, 0.15) is 11.3 Å². The fourth-order valence-corrected chi connectivity index (χ4v) is 2.90. The fourth-order valence-electron chi connectivity index (χ4n) is 2.13. The quantitative estimate of drug-likeness (QED) is 0.299. The lowest BCUT2D eigenvalue weighted by atomic mass is 10.1. The van der Waals surface area contributed by atoms with Crippen LogP contribution in [0.2, 0.25) is 0 Å². The van der Waals surface area contributed by atoms with E-state index in [1.165, 1.54) is 10.1 Å². The Morgan fingerprint density at radius 2 is 2.24 bits per heavy atom. The first-order chi connectivity index (χ1) is 10.3. The molecular formula is C15H14N4OS. The minimum absolute atomic E-state index is 0.0145. The summed E-state index contributed by atoms with van der Waals surface area (Å²) in [6.45, 7) is 0.551. The molecule has 0 saturated heterocycles. The number of nitrogens with zero attached hydrogens (tertiary/aromatic N) is 2. The summed E-state index contributed by atoms with van der Waals surface area (Å²) in [5.41, 5.74) is 8.02. The first kappa shape index (κ1) is 13.4. The van der Waals surface area contributed by atoms with E-state index in [4.69, 9.17) is 10.9 Å². The number of hydrogen-bond acceptors (Lipinski definition) is 5. The summed E-state index contributed by atoms with van der Waals surface area (Å²) in [5.74, 6) is 0.0145. The smallest absolute Gasteiger partial charge is 0.189 e. The van der Waals surface area contributed by atoms with Crippen molar-refractivity contribution >= 4 is 32.9 Å². The number of nitrogens with two attached hydrogens (primary N) is 1. The molecule has 1 aromatic carbocycles. The van der Waals surface area contributed by atoms with Crippen LogP contribution in [0.5, 0.6) is 0 Å². The third-order valence-electron chi connectivity index (χ3n) is 3.18. The fraction of sp³-hybridized carbons (Fsp3) is 0.0667. The third-order valence-corrected chi connectivity index (χ3v) is 4.07. The van der Waals surface area contributed by atoms with E-state index in [2.05, 4.69) is 39.0 Å². The molecule has 0 aliphatic carbocycles. The number of hydrogen-bond donors (Lipinski definition) is 3. The number of rotatable bonds is 4. The molecule has 106 valence electrons. The number of aromatic nitrogens is 1. The predicted molar refractivity (Wildman–Crippen MR) is 85.9 cm³/mol. The Bertz CT molecular complexity index is 797. The van der Waals surface area contributed by atoms with Gasteiger partial charge in [0.25, 0.3) is 0 Å². The van der Waals surface area contributed by atoms with E-state index < -0.39 is 0 Å². The van der Waals surface area contributed by atoms with Crippen LogP contribution in [0.25, 0.3) is 10.1 Å². The summed E-state index contributed by atoms with van der Waals surface area (Å²) in [4.78, 5) is 4.15. The van der Waals surface area contributed by atoms with Crippen molar-refractivity contribution in [1.82, 2.24) is 4.98 Å². The highest BCUT2D eigenvalue weighted by Crippen LogP contribution is 2.24. The van der Waals surface area contributed by atoms with E-state index in [0.29, 0.717) is 12.2 Å². The van der Waals surface area contributed by atoms with Crippen LogP contribution in [0, 0.1) is 0 Å². The van der Waals surface area contributed by atoms with Crippen LogP contribution in [0.3, 0.4) is 0 Å². The van der Waals surface area contributed by atoms with Gasteiger partial charge in [0.15, 0.2) is 5.84 Å². The van der Waals surface area contributed by atoms with Crippen LogP contribution < -0.4 is 11.1 Å². The van der Waals surface area contributed by atoms with Crippen LogP contribution >= 0.6 is 11.3 Å². The minimum Gasteiger partial charge on any atom is -0.409 e. The van der Waals surface area contributed by atoms with Gasteiger partial charge in [-0.2, -0.15) is 0 Å². The zero-order chi connectivity index (χ0) is 14.7. The van der Waals surface area contributed by atoms with Gasteiger partial charge in [-0.25, -0.2) is 0 Å². The number of thiophene rings is 1. The summed E-state index contributed by atoms with van der Waals surface area (Å²) < 4.78 is 1.26. The maximum absolute atomic E-state index is 8.80. The van der Waals surface area contributed by atoms with E-state index >= 15 is 0 Å². The minimum atomic E-state index is 0.0145. The first-order valence-electron chi connectivity index (χ1n) is 6.41. The maximum atomic E-state index is 8.80. The zero-order valence-corrected chi connectivity index (χ0v) is 12.0. The molecule has 0 saturated carbocycles. The van der Waals surface area contributed by atoms with Crippen LogP contribution in [0.4, 0.5) is 5.69 Å². The Morgan fingerprint density at radius 3 is 3.10 bits per heavy atom. The Hall–Kier alpha value is -2.60. The Morgan fingerprint density at radius 1 is 1.33 bits per heavy atom. The predicted octanol–water partition coefficient (Wildman–Crippen LogP) is 3.00. The van der Waals surface area contributed by atoms with Gasteiger partial charge in [0.05, 0.1) is 0 Å². The second-order valence-electron chi connectivity index (χ2n) is 4.52. The van der Waals surface area contributed by atoms with Gasteiger partial charge in [-0.15, -0.1) is 11.3 Å². The molecule has 0 unspecified atom stereocenters. The molecule has 0 fully saturated rings. The van der Waals surface area contributed by atoms with Crippen molar-refractivity contribution in [3.8, 4) is 0 Å². The number of amidine groups is 1. The van der Waals surface area contributed by atoms with Crippen LogP contribution in [0.15, 0.2) is 53.1 Å². The van der Waals surface area contributed by atoms with E-state index in [-0.39, 0.29) is 5.84 Å². The number of fused-ring (bicyclic) bond motifs is 1. The molecule has 0 atom stereocenters. The number of nitrogens with one attached hydrogen (secondary N) is 1. The van der Waals surface area contributed by atoms with Gasteiger partial charge < -0.3 is 16.3 Å². The normalized spacial score (nSPS) is 11.7. The van der Waals surface area contributed by atoms with Crippen LogP contribution in [-0.2, 0) is 6.54 Å². The van der Waals surface area contributed by atoms with Gasteiger partial charge in [0.1, 0.15) is 5.69 Å². The maximum Gasteiger partial charge on any atom is 0.189 e. The summed E-state index contributed by atoms with van der Waals surface area (Å²) in [6, 6.07) is 12.1. The Labute approximate surface area is 125 Å². The molecule has 3 aromatic rings. The first-order valence-corrected chi connectivity index (χ1v) is 7.29. The van der Waals surface area contributed by atoms with Gasteiger partial charge >= 0.3 is 0 Å². The Kier molecular flexibility index (Phi) is 3.70. The summed E-state index contributed by atoms with van der Waals surface area (Å²) in [7, 11) is 0. The van der Waals surface area contributed by atoms with Gasteiger partial charge in [-0.1, -0.05) is 11.2 Å². The highest BCUT2D eigenvalue weighted by molar-refractivity contribution is 7.17. The lowest BCUT2D eigenvalue weighted by molar-refractivity contribution is 0.318. The van der Waals surface area contributed by atoms with Gasteiger partial charge in [0.2, 0.25) is 0 Å². The SMILES string of the molecule is NC(=NO)c1ncccc1CNc1ccc2sccc2c1. The molecule has 6 heteroatoms. The average molecular weight is 298 g/mol. The lowest BCUT2D eigenvalue weighted by Gasteiger charge is -2.10.